The average Bonchev–Trinajstić information content (AvgIpc) is 3.34. The second kappa shape index (κ2) is 8.42. The van der Waals surface area contributed by atoms with Gasteiger partial charge in [-0.3, -0.25) is 4.79 Å². The van der Waals surface area contributed by atoms with E-state index in [1.54, 1.807) is 29.2 Å². The van der Waals surface area contributed by atoms with E-state index in [2.05, 4.69) is 20.4 Å². The second-order valence-corrected chi connectivity index (χ2v) is 8.71. The van der Waals surface area contributed by atoms with Gasteiger partial charge in [-0.2, -0.15) is 18.3 Å². The average molecular weight is 475 g/mol. The van der Waals surface area contributed by atoms with Crippen molar-refractivity contribution in [2.75, 3.05) is 31.1 Å². The molecule has 4 heterocycles. The molecule has 3 aliphatic heterocycles. The molecule has 0 unspecified atom stereocenters. The van der Waals surface area contributed by atoms with Crippen molar-refractivity contribution in [3.05, 3.63) is 47.8 Å². The molecule has 1 aromatic heterocycles. The number of nitrogens with one attached hydrogen (secondary N) is 1. The number of carbonyl (C=O) groups excluding carboxylic acids is 1. The number of anilines is 1. The lowest BCUT2D eigenvalue weighted by Crippen LogP contribution is -2.55. The normalized spacial score (nSPS) is 22.4. The maximum Gasteiger partial charge on any atom is 0.408 e. The number of fused-ring (bicyclic) bond motifs is 3. The molecule has 1 amide bonds. The molecule has 1 aromatic carbocycles. The number of hydrogen-bond donors (Lipinski definition) is 1. The first-order valence-corrected chi connectivity index (χ1v) is 11.0. The van der Waals surface area contributed by atoms with Gasteiger partial charge >= 0.3 is 6.18 Å². The van der Waals surface area contributed by atoms with Crippen LogP contribution in [0.5, 0.6) is 5.75 Å². The predicted octanol–water partition coefficient (Wildman–Crippen LogP) is 2.21. The van der Waals surface area contributed by atoms with E-state index in [1.807, 2.05) is 18.7 Å². The number of benzene rings is 1. The van der Waals surface area contributed by atoms with Gasteiger partial charge < -0.3 is 19.9 Å². The summed E-state index contributed by atoms with van der Waals surface area (Å²) in [5.74, 6) is 0.928. The molecular weight excluding hydrogens is 451 g/mol. The van der Waals surface area contributed by atoms with Crippen molar-refractivity contribution in [1.29, 1.82) is 0 Å². The third-order valence-electron chi connectivity index (χ3n) is 5.89. The number of halogens is 3. The van der Waals surface area contributed by atoms with Crippen molar-refractivity contribution in [1.82, 2.24) is 25.0 Å². The van der Waals surface area contributed by atoms with Crippen LogP contribution in [0, 0.1) is 0 Å². The van der Waals surface area contributed by atoms with E-state index in [9.17, 15) is 18.0 Å². The molecule has 1 fully saturated rings. The van der Waals surface area contributed by atoms with E-state index in [0.29, 0.717) is 41.6 Å². The Morgan fingerprint density at radius 2 is 2.00 bits per heavy atom. The van der Waals surface area contributed by atoms with Crippen LogP contribution in [-0.2, 0) is 6.54 Å². The maximum absolute atomic E-state index is 13.6. The molecular formula is C22H24F3N7O2. The Labute approximate surface area is 193 Å². The van der Waals surface area contributed by atoms with Crippen LogP contribution in [0.1, 0.15) is 30.0 Å². The minimum absolute atomic E-state index is 0.0438. The van der Waals surface area contributed by atoms with Crippen LogP contribution in [0.25, 0.3) is 0 Å². The summed E-state index contributed by atoms with van der Waals surface area (Å²) < 4.78 is 45.6. The lowest BCUT2D eigenvalue weighted by atomic mass is 10.1. The molecule has 0 saturated carbocycles. The Kier molecular flexibility index (Phi) is 5.54. The number of carbonyl (C=O) groups is 1. The van der Waals surface area contributed by atoms with Crippen molar-refractivity contribution in [2.24, 2.45) is 4.99 Å². The van der Waals surface area contributed by atoms with E-state index in [1.165, 1.54) is 0 Å². The van der Waals surface area contributed by atoms with Crippen LogP contribution < -0.4 is 15.0 Å². The standard InChI is InChI=1S/C22H24F3N7O2/c1-13-8-30(9-14(2)28-13)21(33)15-4-3-5-17-19(15)31-10-16(29-18(31)6-7-34-17)20-26-12-27-32(20)11-22(23,24)25/h3-6,12-14,28H,7-11H2,1-2H3/t13-,14+. The molecule has 2 atom stereocenters. The third kappa shape index (κ3) is 4.25. The molecule has 0 bridgehead atoms. The van der Waals surface area contributed by atoms with E-state index < -0.39 is 12.7 Å². The fourth-order valence-corrected chi connectivity index (χ4v) is 4.67. The van der Waals surface area contributed by atoms with Crippen molar-refractivity contribution in [3.8, 4) is 5.75 Å². The van der Waals surface area contributed by atoms with Gasteiger partial charge in [-0.05, 0) is 32.1 Å². The molecule has 180 valence electrons. The van der Waals surface area contributed by atoms with Gasteiger partial charge in [-0.15, -0.1) is 0 Å². The van der Waals surface area contributed by atoms with Gasteiger partial charge in [0.2, 0.25) is 0 Å². The zero-order valence-electron chi connectivity index (χ0n) is 18.7. The first kappa shape index (κ1) is 22.4. The smallest absolute Gasteiger partial charge is 0.408 e. The van der Waals surface area contributed by atoms with Gasteiger partial charge in [-0.1, -0.05) is 6.07 Å². The number of alkyl halides is 3. The monoisotopic (exact) mass is 475 g/mol. The quantitative estimate of drug-likeness (QED) is 0.733. The summed E-state index contributed by atoms with van der Waals surface area (Å²) in [6.07, 6.45) is -1.62. The first-order chi connectivity index (χ1) is 16.2. The van der Waals surface area contributed by atoms with E-state index >= 15 is 0 Å². The van der Waals surface area contributed by atoms with Crippen LogP contribution in [0.15, 0.2) is 41.4 Å². The fraction of sp³-hybridized carbons (Fsp3) is 0.455. The maximum atomic E-state index is 13.6. The number of aliphatic imine (C=N–C) groups is 1. The molecule has 12 heteroatoms. The molecule has 0 aliphatic carbocycles. The molecule has 9 nitrogen and oxygen atoms in total. The Morgan fingerprint density at radius 1 is 1.24 bits per heavy atom. The van der Waals surface area contributed by atoms with Crippen LogP contribution in [0.3, 0.4) is 0 Å². The number of piperazine rings is 1. The van der Waals surface area contributed by atoms with E-state index in [4.69, 9.17) is 4.74 Å². The summed E-state index contributed by atoms with van der Waals surface area (Å²) in [5, 5.41) is 7.14. The number of aromatic nitrogens is 3. The first-order valence-electron chi connectivity index (χ1n) is 11.0. The highest BCUT2D eigenvalue weighted by Crippen LogP contribution is 2.39. The number of nitrogens with zero attached hydrogens (tertiary/aromatic N) is 6. The summed E-state index contributed by atoms with van der Waals surface area (Å²) >= 11 is 0. The van der Waals surface area contributed by atoms with Crippen molar-refractivity contribution >= 4 is 17.3 Å². The number of amides is 1. The van der Waals surface area contributed by atoms with E-state index in [-0.39, 0.29) is 37.0 Å². The molecule has 1 N–H and O–H groups in total. The van der Waals surface area contributed by atoms with Crippen LogP contribution in [0.2, 0.25) is 0 Å². The van der Waals surface area contributed by atoms with Gasteiger partial charge in [0.05, 0.1) is 17.8 Å². The number of hydrogen-bond acceptors (Lipinski definition) is 7. The highest BCUT2D eigenvalue weighted by Gasteiger charge is 2.36. The topological polar surface area (TPSA) is 87.9 Å². The van der Waals surface area contributed by atoms with Crippen molar-refractivity contribution < 1.29 is 22.7 Å². The van der Waals surface area contributed by atoms with E-state index in [0.717, 1.165) is 11.0 Å². The molecule has 0 radical (unpaired) electrons. The SMILES string of the molecule is C[C@@H]1CN(C(=O)c2cccc3c2N2CC(c4ncnn4CC(F)(F)F)=NC2=CCO3)C[C@H](C)N1. The largest absolute Gasteiger partial charge is 0.487 e. The number of rotatable bonds is 3. The third-order valence-corrected chi connectivity index (χ3v) is 5.89. The van der Waals surface area contributed by atoms with Gasteiger partial charge in [0.25, 0.3) is 5.91 Å². The van der Waals surface area contributed by atoms with Crippen LogP contribution in [0.4, 0.5) is 18.9 Å². The minimum Gasteiger partial charge on any atom is -0.487 e. The highest BCUT2D eigenvalue weighted by molar-refractivity contribution is 6.07. The molecule has 3 aliphatic rings. The summed E-state index contributed by atoms with van der Waals surface area (Å²) in [6, 6.07) is 5.60. The number of para-hydroxylation sites is 1. The summed E-state index contributed by atoms with van der Waals surface area (Å²) in [7, 11) is 0. The van der Waals surface area contributed by atoms with Crippen molar-refractivity contribution in [2.45, 2.75) is 38.7 Å². The van der Waals surface area contributed by atoms with Gasteiger partial charge in [0, 0.05) is 25.2 Å². The lowest BCUT2D eigenvalue weighted by Gasteiger charge is -2.37. The number of ether oxygens (including phenoxy) is 1. The van der Waals surface area contributed by atoms with Crippen LogP contribution in [-0.4, -0.2) is 75.8 Å². The zero-order valence-corrected chi connectivity index (χ0v) is 18.7. The molecule has 5 rings (SSSR count). The Morgan fingerprint density at radius 3 is 2.74 bits per heavy atom. The second-order valence-electron chi connectivity index (χ2n) is 8.71. The molecule has 1 saturated heterocycles. The Bertz CT molecular complexity index is 1160. The van der Waals surface area contributed by atoms with Gasteiger partial charge in [0.15, 0.2) is 5.82 Å². The summed E-state index contributed by atoms with van der Waals surface area (Å²) in [4.78, 5) is 25.8. The molecule has 0 spiro atoms. The zero-order chi connectivity index (χ0) is 24.0. The predicted molar refractivity (Wildman–Crippen MR) is 118 cm³/mol. The minimum atomic E-state index is -4.44. The Hall–Kier alpha value is -3.41. The highest BCUT2D eigenvalue weighted by atomic mass is 19.4. The fourth-order valence-electron chi connectivity index (χ4n) is 4.67. The van der Waals surface area contributed by atoms with Gasteiger partial charge in [-0.25, -0.2) is 14.7 Å². The molecule has 34 heavy (non-hydrogen) atoms. The summed E-state index contributed by atoms with van der Waals surface area (Å²) in [6.45, 7) is 4.29. The molecule has 2 aromatic rings. The van der Waals surface area contributed by atoms with Crippen LogP contribution >= 0.6 is 0 Å². The van der Waals surface area contributed by atoms with Crippen molar-refractivity contribution in [3.63, 3.8) is 0 Å². The van der Waals surface area contributed by atoms with Gasteiger partial charge in [0.1, 0.15) is 36.8 Å². The lowest BCUT2D eigenvalue weighted by molar-refractivity contribution is -0.142. The summed E-state index contributed by atoms with van der Waals surface area (Å²) in [5.41, 5.74) is 1.35. The Balaban J connectivity index is 1.49.